The van der Waals surface area contributed by atoms with Gasteiger partial charge >= 0.3 is 0 Å². The van der Waals surface area contributed by atoms with Gasteiger partial charge in [-0.1, -0.05) is 5.16 Å². The van der Waals surface area contributed by atoms with Crippen molar-refractivity contribution >= 4 is 16.9 Å². The van der Waals surface area contributed by atoms with Crippen LogP contribution in [0.1, 0.15) is 30.3 Å². The topological polar surface area (TPSA) is 55.1 Å². The molecule has 1 aliphatic heterocycles. The molecule has 5 nitrogen and oxygen atoms in total. The van der Waals surface area contributed by atoms with E-state index in [9.17, 15) is 8.78 Å². The van der Waals surface area contributed by atoms with Gasteiger partial charge in [-0.25, -0.2) is 13.8 Å². The Labute approximate surface area is 130 Å². The Balaban J connectivity index is 1.74. The zero-order valence-corrected chi connectivity index (χ0v) is 12.5. The van der Waals surface area contributed by atoms with Gasteiger partial charge < -0.3 is 9.42 Å². The summed E-state index contributed by atoms with van der Waals surface area (Å²) in [5.74, 6) is -0.452. The first-order valence-corrected chi connectivity index (χ1v) is 7.43. The molecule has 0 spiro atoms. The van der Waals surface area contributed by atoms with E-state index in [0.717, 1.165) is 43.0 Å². The monoisotopic (exact) mass is 316 g/mol. The third kappa shape index (κ3) is 2.42. The summed E-state index contributed by atoms with van der Waals surface area (Å²) in [5.41, 5.74) is 1.52. The molecule has 118 valence electrons. The van der Waals surface area contributed by atoms with Gasteiger partial charge in [-0.2, -0.15) is 0 Å². The summed E-state index contributed by atoms with van der Waals surface area (Å²) in [6.45, 7) is 2.66. The first-order chi connectivity index (χ1) is 11.1. The van der Waals surface area contributed by atoms with Crippen LogP contribution in [0.25, 0.3) is 11.0 Å². The van der Waals surface area contributed by atoms with Crippen LogP contribution in [0.5, 0.6) is 0 Å². The molecule has 1 unspecified atom stereocenters. The van der Waals surface area contributed by atoms with E-state index in [1.54, 1.807) is 6.20 Å². The van der Waals surface area contributed by atoms with Crippen molar-refractivity contribution in [2.45, 2.75) is 25.8 Å². The molecule has 0 amide bonds. The highest BCUT2D eigenvalue weighted by molar-refractivity contribution is 5.75. The normalized spacial score (nSPS) is 18.0. The Kier molecular flexibility index (Phi) is 3.21. The fourth-order valence-corrected chi connectivity index (χ4v) is 3.03. The van der Waals surface area contributed by atoms with Gasteiger partial charge in [0.15, 0.2) is 11.6 Å². The molecular formula is C16H14F2N4O. The van der Waals surface area contributed by atoms with Crippen LogP contribution < -0.4 is 4.90 Å². The van der Waals surface area contributed by atoms with Gasteiger partial charge in [0.25, 0.3) is 0 Å². The Morgan fingerprint density at radius 2 is 1.96 bits per heavy atom. The molecule has 1 atom stereocenters. The lowest BCUT2D eigenvalue weighted by Crippen LogP contribution is -2.24. The van der Waals surface area contributed by atoms with Gasteiger partial charge in [0.2, 0.25) is 0 Å². The van der Waals surface area contributed by atoms with Crippen molar-refractivity contribution in [3.05, 3.63) is 47.5 Å². The summed E-state index contributed by atoms with van der Waals surface area (Å²) in [6.07, 6.45) is 3.52. The van der Waals surface area contributed by atoms with E-state index >= 15 is 0 Å². The van der Waals surface area contributed by atoms with E-state index in [1.807, 2.05) is 13.0 Å². The smallest absolute Gasteiger partial charge is 0.161 e. The maximum absolute atomic E-state index is 13.4. The van der Waals surface area contributed by atoms with E-state index in [0.29, 0.717) is 16.9 Å². The third-order valence-electron chi connectivity index (χ3n) is 4.11. The lowest BCUT2D eigenvalue weighted by molar-refractivity contribution is 0.385. The van der Waals surface area contributed by atoms with Gasteiger partial charge in [0.1, 0.15) is 17.3 Å². The molecule has 1 aromatic carbocycles. The van der Waals surface area contributed by atoms with E-state index in [4.69, 9.17) is 4.52 Å². The standard InChI is InChI=1S/C16H14F2N4O/c1-9-5-14(21-23-9)15-3-2-4-22(15)16-8-19-12-6-10(17)11(18)7-13(12)20-16/h5-8,15H,2-4H2,1H3. The van der Waals surface area contributed by atoms with Crippen LogP contribution in [0.3, 0.4) is 0 Å². The zero-order chi connectivity index (χ0) is 16.0. The molecule has 4 rings (SSSR count). The Bertz CT molecular complexity index is 880. The maximum atomic E-state index is 13.4. The van der Waals surface area contributed by atoms with Crippen molar-refractivity contribution in [2.75, 3.05) is 11.4 Å². The predicted molar refractivity (Wildman–Crippen MR) is 80.0 cm³/mol. The van der Waals surface area contributed by atoms with Gasteiger partial charge in [-0.05, 0) is 19.8 Å². The number of aryl methyl sites for hydroxylation is 1. The third-order valence-corrected chi connectivity index (χ3v) is 4.11. The second kappa shape index (κ2) is 5.26. The molecule has 0 N–H and O–H groups in total. The van der Waals surface area contributed by atoms with Crippen LogP contribution in [-0.4, -0.2) is 21.7 Å². The van der Waals surface area contributed by atoms with Crippen LogP contribution in [0.4, 0.5) is 14.6 Å². The van der Waals surface area contributed by atoms with Crippen LogP contribution in [0.2, 0.25) is 0 Å². The Morgan fingerprint density at radius 1 is 1.17 bits per heavy atom. The minimum Gasteiger partial charge on any atom is -0.361 e. The molecule has 0 saturated carbocycles. The van der Waals surface area contributed by atoms with Crippen molar-refractivity contribution in [2.24, 2.45) is 0 Å². The summed E-state index contributed by atoms with van der Waals surface area (Å²) in [7, 11) is 0. The summed E-state index contributed by atoms with van der Waals surface area (Å²) >= 11 is 0. The number of nitrogens with zero attached hydrogens (tertiary/aromatic N) is 4. The van der Waals surface area contributed by atoms with Crippen molar-refractivity contribution in [3.63, 3.8) is 0 Å². The first kappa shape index (κ1) is 14.0. The fraction of sp³-hybridized carbons (Fsp3) is 0.312. The molecular weight excluding hydrogens is 302 g/mol. The minimum atomic E-state index is -0.922. The van der Waals surface area contributed by atoms with Crippen molar-refractivity contribution in [3.8, 4) is 0 Å². The molecule has 2 aromatic heterocycles. The molecule has 0 radical (unpaired) electrons. The van der Waals surface area contributed by atoms with Crippen molar-refractivity contribution < 1.29 is 13.3 Å². The zero-order valence-electron chi connectivity index (χ0n) is 12.5. The number of fused-ring (bicyclic) bond motifs is 1. The number of hydrogen-bond donors (Lipinski definition) is 0. The molecule has 0 bridgehead atoms. The summed E-state index contributed by atoms with van der Waals surface area (Å²) < 4.78 is 31.8. The first-order valence-electron chi connectivity index (χ1n) is 7.43. The number of rotatable bonds is 2. The van der Waals surface area contributed by atoms with Crippen molar-refractivity contribution in [1.82, 2.24) is 15.1 Å². The van der Waals surface area contributed by atoms with Crippen LogP contribution in [-0.2, 0) is 0 Å². The minimum absolute atomic E-state index is 0.0597. The fourth-order valence-electron chi connectivity index (χ4n) is 3.03. The van der Waals surface area contributed by atoms with Gasteiger partial charge in [0, 0.05) is 24.7 Å². The van der Waals surface area contributed by atoms with E-state index in [-0.39, 0.29) is 6.04 Å². The Hall–Kier alpha value is -2.57. The van der Waals surface area contributed by atoms with Gasteiger partial charge in [0.05, 0.1) is 23.3 Å². The number of halogens is 2. The lowest BCUT2D eigenvalue weighted by Gasteiger charge is -2.23. The molecule has 1 saturated heterocycles. The maximum Gasteiger partial charge on any atom is 0.161 e. The van der Waals surface area contributed by atoms with Crippen LogP contribution in [0.15, 0.2) is 28.9 Å². The lowest BCUT2D eigenvalue weighted by atomic mass is 10.1. The average Bonchev–Trinajstić information content (AvgIpc) is 3.16. The number of hydrogen-bond acceptors (Lipinski definition) is 5. The van der Waals surface area contributed by atoms with E-state index < -0.39 is 11.6 Å². The molecule has 1 fully saturated rings. The molecule has 0 aliphatic carbocycles. The highest BCUT2D eigenvalue weighted by atomic mass is 19.2. The second-order valence-electron chi connectivity index (χ2n) is 5.70. The van der Waals surface area contributed by atoms with Crippen LogP contribution in [0, 0.1) is 18.6 Å². The number of aromatic nitrogens is 3. The second-order valence-corrected chi connectivity index (χ2v) is 5.70. The molecule has 1 aliphatic rings. The summed E-state index contributed by atoms with van der Waals surface area (Å²) in [4.78, 5) is 10.7. The quantitative estimate of drug-likeness (QED) is 0.724. The number of benzene rings is 1. The largest absolute Gasteiger partial charge is 0.361 e. The highest BCUT2D eigenvalue weighted by Gasteiger charge is 2.30. The van der Waals surface area contributed by atoms with Gasteiger partial charge in [-0.3, -0.25) is 4.98 Å². The summed E-state index contributed by atoms with van der Waals surface area (Å²) in [6, 6.07) is 4.10. The predicted octanol–water partition coefficient (Wildman–Crippen LogP) is 3.55. The highest BCUT2D eigenvalue weighted by Crippen LogP contribution is 2.35. The molecule has 23 heavy (non-hydrogen) atoms. The SMILES string of the molecule is Cc1cc(C2CCCN2c2cnc3cc(F)c(F)cc3n2)no1. The Morgan fingerprint density at radius 3 is 2.70 bits per heavy atom. The number of anilines is 1. The molecule has 7 heteroatoms. The van der Waals surface area contributed by atoms with Gasteiger partial charge in [-0.15, -0.1) is 0 Å². The molecule has 3 heterocycles. The van der Waals surface area contributed by atoms with Crippen molar-refractivity contribution in [1.29, 1.82) is 0 Å². The van der Waals surface area contributed by atoms with E-state index in [2.05, 4.69) is 20.0 Å². The molecule has 3 aromatic rings. The summed E-state index contributed by atoms with van der Waals surface area (Å²) in [5, 5.41) is 4.09. The van der Waals surface area contributed by atoms with Crippen LogP contribution >= 0.6 is 0 Å². The average molecular weight is 316 g/mol. The van der Waals surface area contributed by atoms with E-state index in [1.165, 1.54) is 0 Å².